The molecule has 4 rings (SSSR count). The van der Waals surface area contributed by atoms with E-state index < -0.39 is 10.0 Å². The van der Waals surface area contributed by atoms with E-state index in [1.807, 2.05) is 0 Å². The Bertz CT molecular complexity index is 805. The van der Waals surface area contributed by atoms with Crippen LogP contribution in [0.1, 0.15) is 75.1 Å². The Labute approximate surface area is 169 Å². The Morgan fingerprint density at radius 2 is 1.57 bits per heavy atom. The summed E-state index contributed by atoms with van der Waals surface area (Å²) >= 11 is 0. The van der Waals surface area contributed by atoms with E-state index in [4.69, 9.17) is 0 Å². The molecule has 3 aliphatic rings. The van der Waals surface area contributed by atoms with E-state index in [2.05, 4.69) is 11.8 Å². The lowest BCUT2D eigenvalue weighted by atomic mass is 9.86. The molecule has 0 atom stereocenters. The average Bonchev–Trinajstić information content (AvgIpc) is 3.55. The van der Waals surface area contributed by atoms with Gasteiger partial charge in [-0.3, -0.25) is 4.79 Å². The molecule has 0 spiro atoms. The first-order valence-electron chi connectivity index (χ1n) is 10.9. The first-order chi connectivity index (χ1) is 13.5. The third-order valence-electron chi connectivity index (χ3n) is 6.59. The molecule has 3 fully saturated rings. The van der Waals surface area contributed by atoms with Gasteiger partial charge in [-0.1, -0.05) is 19.4 Å². The largest absolute Gasteiger partial charge is 0.333 e. The number of benzene rings is 1. The summed E-state index contributed by atoms with van der Waals surface area (Å²) in [5.74, 6) is 0.753. The van der Waals surface area contributed by atoms with Gasteiger partial charge in [0.25, 0.3) is 5.91 Å². The smallest absolute Gasteiger partial charge is 0.254 e. The molecule has 1 amide bonds. The van der Waals surface area contributed by atoms with E-state index in [0.717, 1.165) is 50.9 Å². The lowest BCUT2D eigenvalue weighted by Crippen LogP contribution is -2.43. The van der Waals surface area contributed by atoms with Crippen molar-refractivity contribution in [3.63, 3.8) is 0 Å². The number of hydrogen-bond donors (Lipinski definition) is 0. The molecule has 5 nitrogen and oxygen atoms in total. The Kier molecular flexibility index (Phi) is 5.79. The van der Waals surface area contributed by atoms with Crippen molar-refractivity contribution in [2.75, 3.05) is 13.1 Å². The van der Waals surface area contributed by atoms with Gasteiger partial charge in [0.15, 0.2) is 0 Å². The highest BCUT2D eigenvalue weighted by Gasteiger charge is 2.39. The van der Waals surface area contributed by atoms with Crippen molar-refractivity contribution in [1.82, 2.24) is 9.21 Å². The lowest BCUT2D eigenvalue weighted by Gasteiger charge is -2.36. The van der Waals surface area contributed by atoms with Gasteiger partial charge in [0.05, 0.1) is 4.90 Å². The number of rotatable bonds is 5. The Morgan fingerprint density at radius 3 is 2.18 bits per heavy atom. The first-order valence-corrected chi connectivity index (χ1v) is 12.3. The topological polar surface area (TPSA) is 57.7 Å². The van der Waals surface area contributed by atoms with Crippen LogP contribution in [0.2, 0.25) is 0 Å². The molecular weight excluding hydrogens is 372 g/mol. The predicted molar refractivity (Wildman–Crippen MR) is 110 cm³/mol. The fraction of sp³-hybridized carbons (Fsp3) is 0.682. The van der Waals surface area contributed by atoms with E-state index >= 15 is 0 Å². The maximum absolute atomic E-state index is 13.4. The van der Waals surface area contributed by atoms with Crippen LogP contribution in [0.25, 0.3) is 0 Å². The van der Waals surface area contributed by atoms with E-state index in [-0.39, 0.29) is 10.8 Å². The zero-order chi connectivity index (χ0) is 19.7. The van der Waals surface area contributed by atoms with Gasteiger partial charge in [-0.15, -0.1) is 0 Å². The van der Waals surface area contributed by atoms with Crippen molar-refractivity contribution in [2.24, 2.45) is 5.92 Å². The van der Waals surface area contributed by atoms with Crippen LogP contribution in [0.15, 0.2) is 29.2 Å². The van der Waals surface area contributed by atoms with E-state index in [0.29, 0.717) is 30.7 Å². The van der Waals surface area contributed by atoms with Gasteiger partial charge < -0.3 is 4.90 Å². The molecule has 1 saturated heterocycles. The summed E-state index contributed by atoms with van der Waals surface area (Å²) in [6, 6.07) is 7.38. The second-order valence-corrected chi connectivity index (χ2v) is 10.8. The minimum atomic E-state index is -3.52. The molecular formula is C22H32N2O3S. The SMILES string of the molecule is CC1CCC(N(C(=O)c2cccc(S(=O)(=O)N3CCCCC3)c2)C2CC2)CC1. The van der Waals surface area contributed by atoms with Gasteiger partial charge >= 0.3 is 0 Å². The van der Waals surface area contributed by atoms with Crippen molar-refractivity contribution in [3.05, 3.63) is 29.8 Å². The zero-order valence-electron chi connectivity index (χ0n) is 16.8. The van der Waals surface area contributed by atoms with Crippen LogP contribution in [-0.2, 0) is 10.0 Å². The standard InChI is InChI=1S/C22H32N2O3S/c1-17-8-10-19(11-9-17)24(20-12-13-20)22(25)18-6-5-7-21(16-18)28(26,27)23-14-3-2-4-15-23/h5-7,16-17,19-20H,2-4,8-15H2,1H3. The van der Waals surface area contributed by atoms with Crippen LogP contribution in [0, 0.1) is 5.92 Å². The second kappa shape index (κ2) is 8.15. The minimum absolute atomic E-state index is 0.0118. The molecule has 0 aromatic heterocycles. The number of hydrogen-bond acceptors (Lipinski definition) is 3. The lowest BCUT2D eigenvalue weighted by molar-refractivity contribution is 0.0593. The van der Waals surface area contributed by atoms with Crippen molar-refractivity contribution in [3.8, 4) is 0 Å². The van der Waals surface area contributed by atoms with Gasteiger partial charge in [0.1, 0.15) is 0 Å². The van der Waals surface area contributed by atoms with Crippen LogP contribution in [0.5, 0.6) is 0 Å². The number of piperidine rings is 1. The van der Waals surface area contributed by atoms with E-state index in [9.17, 15) is 13.2 Å². The Hall–Kier alpha value is -1.40. The number of carbonyl (C=O) groups is 1. The average molecular weight is 405 g/mol. The maximum atomic E-state index is 13.4. The fourth-order valence-electron chi connectivity index (χ4n) is 4.70. The molecule has 1 aromatic carbocycles. The molecule has 6 heteroatoms. The van der Waals surface area contributed by atoms with Crippen molar-refractivity contribution < 1.29 is 13.2 Å². The summed E-state index contributed by atoms with van der Waals surface area (Å²) < 4.78 is 27.6. The second-order valence-electron chi connectivity index (χ2n) is 8.85. The van der Waals surface area contributed by atoms with E-state index in [1.54, 1.807) is 28.6 Å². The molecule has 1 heterocycles. The molecule has 0 radical (unpaired) electrons. The van der Waals surface area contributed by atoms with Crippen molar-refractivity contribution >= 4 is 15.9 Å². The highest BCUT2D eigenvalue weighted by atomic mass is 32.2. The van der Waals surface area contributed by atoms with E-state index in [1.165, 1.54) is 12.8 Å². The normalized spacial score (nSPS) is 26.8. The highest BCUT2D eigenvalue weighted by Crippen LogP contribution is 2.36. The summed E-state index contributed by atoms with van der Waals surface area (Å²) in [5.41, 5.74) is 0.517. The molecule has 1 aromatic rings. The van der Waals surface area contributed by atoms with Gasteiger partial charge in [-0.25, -0.2) is 8.42 Å². The summed E-state index contributed by atoms with van der Waals surface area (Å²) in [4.78, 5) is 15.7. The van der Waals surface area contributed by atoms with Crippen molar-refractivity contribution in [1.29, 1.82) is 0 Å². The quantitative estimate of drug-likeness (QED) is 0.744. The monoisotopic (exact) mass is 404 g/mol. The molecule has 28 heavy (non-hydrogen) atoms. The third kappa shape index (κ3) is 4.13. The van der Waals surface area contributed by atoms with Crippen LogP contribution >= 0.6 is 0 Å². The number of nitrogens with zero attached hydrogens (tertiary/aromatic N) is 2. The van der Waals surface area contributed by atoms with Crippen LogP contribution < -0.4 is 0 Å². The Balaban J connectivity index is 1.56. The van der Waals surface area contributed by atoms with Crippen molar-refractivity contribution in [2.45, 2.75) is 81.7 Å². The summed E-state index contributed by atoms with van der Waals surface area (Å²) in [7, 11) is -3.52. The minimum Gasteiger partial charge on any atom is -0.333 e. The van der Waals surface area contributed by atoms with Gasteiger partial charge in [-0.05, 0) is 75.5 Å². The first kappa shape index (κ1) is 19.9. The van der Waals surface area contributed by atoms with Gasteiger partial charge in [0, 0.05) is 30.7 Å². The molecule has 0 unspecified atom stereocenters. The predicted octanol–water partition coefficient (Wildman–Crippen LogP) is 4.04. The van der Waals surface area contributed by atoms with Crippen LogP contribution in [-0.4, -0.2) is 48.7 Å². The highest BCUT2D eigenvalue weighted by molar-refractivity contribution is 7.89. The summed E-state index contributed by atoms with van der Waals surface area (Å²) in [6.45, 7) is 3.44. The van der Waals surface area contributed by atoms with Gasteiger partial charge in [0.2, 0.25) is 10.0 Å². The molecule has 154 valence electrons. The summed E-state index contributed by atoms with van der Waals surface area (Å²) in [6.07, 6.45) is 9.52. The molecule has 1 aliphatic heterocycles. The molecule has 0 N–H and O–H groups in total. The molecule has 0 bridgehead atoms. The number of sulfonamides is 1. The summed E-state index contributed by atoms with van der Waals surface area (Å²) in [5, 5.41) is 0. The number of amides is 1. The Morgan fingerprint density at radius 1 is 0.964 bits per heavy atom. The third-order valence-corrected chi connectivity index (χ3v) is 8.48. The molecule has 2 aliphatic carbocycles. The fourth-order valence-corrected chi connectivity index (χ4v) is 6.26. The molecule has 2 saturated carbocycles. The van der Waals surface area contributed by atoms with Crippen LogP contribution in [0.3, 0.4) is 0 Å². The number of carbonyl (C=O) groups excluding carboxylic acids is 1. The van der Waals surface area contributed by atoms with Crippen LogP contribution in [0.4, 0.5) is 0 Å². The maximum Gasteiger partial charge on any atom is 0.254 e. The van der Waals surface area contributed by atoms with Gasteiger partial charge in [-0.2, -0.15) is 4.31 Å². The zero-order valence-corrected chi connectivity index (χ0v) is 17.7.